The number of amides is 2. The molecule has 0 saturated carbocycles. The van der Waals surface area contributed by atoms with E-state index in [0.717, 1.165) is 5.56 Å². The third-order valence-electron chi connectivity index (χ3n) is 4.39. The summed E-state index contributed by atoms with van der Waals surface area (Å²) in [5.41, 5.74) is 1.29. The predicted molar refractivity (Wildman–Crippen MR) is 113 cm³/mol. The number of ether oxygens (including phenoxy) is 3. The van der Waals surface area contributed by atoms with Crippen LogP contribution in [0.1, 0.15) is 29.8 Å². The summed E-state index contributed by atoms with van der Waals surface area (Å²) < 4.78 is 15.4. The number of methoxy groups -OCH3 is 2. The van der Waals surface area contributed by atoms with Gasteiger partial charge in [-0.15, -0.1) is 0 Å². The molecule has 8 nitrogen and oxygen atoms in total. The SMILES string of the molecule is COCCOc1ccc(CNC(=O)C(NC(=O)c2ccc(OC)cc2)C(C)C)cn1. The van der Waals surface area contributed by atoms with Crippen LogP contribution in [0, 0.1) is 5.92 Å². The second-order valence-corrected chi connectivity index (χ2v) is 6.99. The second-order valence-electron chi connectivity index (χ2n) is 6.99. The molecule has 0 bridgehead atoms. The number of rotatable bonds is 11. The van der Waals surface area contributed by atoms with Crippen molar-refractivity contribution in [2.24, 2.45) is 5.92 Å². The first-order valence-corrected chi connectivity index (χ1v) is 9.74. The van der Waals surface area contributed by atoms with Crippen molar-refractivity contribution in [2.45, 2.75) is 26.4 Å². The third-order valence-corrected chi connectivity index (χ3v) is 4.39. The summed E-state index contributed by atoms with van der Waals surface area (Å²) in [6, 6.07) is 9.63. The molecular weight excluding hydrogens is 386 g/mol. The number of nitrogens with zero attached hydrogens (tertiary/aromatic N) is 1. The number of carbonyl (C=O) groups excluding carboxylic acids is 2. The molecule has 2 rings (SSSR count). The number of aromatic nitrogens is 1. The summed E-state index contributed by atoms with van der Waals surface area (Å²) in [6.07, 6.45) is 1.64. The highest BCUT2D eigenvalue weighted by atomic mass is 16.5. The molecule has 0 fully saturated rings. The van der Waals surface area contributed by atoms with Crippen LogP contribution in [-0.2, 0) is 16.1 Å². The Hall–Kier alpha value is -3.13. The van der Waals surface area contributed by atoms with Gasteiger partial charge in [0.05, 0.1) is 13.7 Å². The highest BCUT2D eigenvalue weighted by Crippen LogP contribution is 2.12. The van der Waals surface area contributed by atoms with E-state index >= 15 is 0 Å². The standard InChI is InChI=1S/C22H29N3O5/c1-15(2)20(25-21(26)17-6-8-18(29-4)9-7-17)22(27)24-14-16-5-10-19(23-13-16)30-12-11-28-3/h5-10,13,15,20H,11-12,14H2,1-4H3,(H,24,27)(H,25,26). The fraction of sp³-hybridized carbons (Fsp3) is 0.409. The number of carbonyl (C=O) groups is 2. The lowest BCUT2D eigenvalue weighted by Crippen LogP contribution is -2.49. The van der Waals surface area contributed by atoms with E-state index in [9.17, 15) is 9.59 Å². The Morgan fingerprint density at radius 3 is 2.33 bits per heavy atom. The van der Waals surface area contributed by atoms with Gasteiger partial charge in [0.1, 0.15) is 18.4 Å². The maximum Gasteiger partial charge on any atom is 0.251 e. The molecule has 0 radical (unpaired) electrons. The lowest BCUT2D eigenvalue weighted by molar-refractivity contribution is -0.124. The first kappa shape index (κ1) is 23.2. The van der Waals surface area contributed by atoms with E-state index in [2.05, 4.69) is 15.6 Å². The fourth-order valence-corrected chi connectivity index (χ4v) is 2.63. The van der Waals surface area contributed by atoms with Gasteiger partial charge in [0.25, 0.3) is 5.91 Å². The molecule has 1 heterocycles. The minimum absolute atomic E-state index is 0.0816. The maximum atomic E-state index is 12.7. The Balaban J connectivity index is 1.90. The minimum Gasteiger partial charge on any atom is -0.497 e. The van der Waals surface area contributed by atoms with Crippen LogP contribution in [0.25, 0.3) is 0 Å². The molecule has 0 saturated heterocycles. The highest BCUT2D eigenvalue weighted by Gasteiger charge is 2.24. The van der Waals surface area contributed by atoms with Crippen molar-refractivity contribution in [3.63, 3.8) is 0 Å². The molecule has 2 aromatic rings. The summed E-state index contributed by atoms with van der Waals surface area (Å²) in [6.45, 7) is 4.96. The van der Waals surface area contributed by atoms with Gasteiger partial charge in [-0.2, -0.15) is 0 Å². The molecule has 8 heteroatoms. The molecule has 2 amide bonds. The summed E-state index contributed by atoms with van der Waals surface area (Å²) >= 11 is 0. The Bertz CT molecular complexity index is 807. The number of hydrogen-bond donors (Lipinski definition) is 2. The topological polar surface area (TPSA) is 98.8 Å². The molecule has 162 valence electrons. The molecule has 0 spiro atoms. The minimum atomic E-state index is -0.663. The highest BCUT2D eigenvalue weighted by molar-refractivity contribution is 5.97. The lowest BCUT2D eigenvalue weighted by atomic mass is 10.0. The van der Waals surface area contributed by atoms with Gasteiger partial charge in [-0.1, -0.05) is 19.9 Å². The van der Waals surface area contributed by atoms with Crippen LogP contribution < -0.4 is 20.1 Å². The molecule has 1 atom stereocenters. The van der Waals surface area contributed by atoms with Crippen LogP contribution in [0.2, 0.25) is 0 Å². The van der Waals surface area contributed by atoms with Gasteiger partial charge in [0.15, 0.2) is 0 Å². The number of benzene rings is 1. The van der Waals surface area contributed by atoms with Crippen LogP contribution in [0.4, 0.5) is 0 Å². The van der Waals surface area contributed by atoms with Crippen molar-refractivity contribution in [3.05, 3.63) is 53.7 Å². The quantitative estimate of drug-likeness (QED) is 0.546. The molecule has 0 aliphatic rings. The summed E-state index contributed by atoms with van der Waals surface area (Å²) in [4.78, 5) is 29.4. The summed E-state index contributed by atoms with van der Waals surface area (Å²) in [5.74, 6) is 0.502. The second kappa shape index (κ2) is 11.8. The van der Waals surface area contributed by atoms with Gasteiger partial charge in [-0.05, 0) is 35.7 Å². The predicted octanol–water partition coefficient (Wildman–Crippen LogP) is 2.19. The van der Waals surface area contributed by atoms with Crippen molar-refractivity contribution in [2.75, 3.05) is 27.4 Å². The molecule has 1 aromatic heterocycles. The molecule has 2 N–H and O–H groups in total. The van der Waals surface area contributed by atoms with Crippen LogP contribution >= 0.6 is 0 Å². The van der Waals surface area contributed by atoms with E-state index in [1.54, 1.807) is 50.7 Å². The van der Waals surface area contributed by atoms with Gasteiger partial charge in [-0.25, -0.2) is 4.98 Å². The van der Waals surface area contributed by atoms with Crippen LogP contribution in [0.15, 0.2) is 42.6 Å². The average molecular weight is 415 g/mol. The van der Waals surface area contributed by atoms with E-state index < -0.39 is 6.04 Å². The first-order valence-electron chi connectivity index (χ1n) is 9.74. The monoisotopic (exact) mass is 415 g/mol. The van der Waals surface area contributed by atoms with E-state index in [-0.39, 0.29) is 17.7 Å². The zero-order chi connectivity index (χ0) is 21.9. The largest absolute Gasteiger partial charge is 0.497 e. The molecular formula is C22H29N3O5. The normalized spacial score (nSPS) is 11.6. The van der Waals surface area contributed by atoms with Crippen molar-refractivity contribution >= 4 is 11.8 Å². The third kappa shape index (κ3) is 7.04. The van der Waals surface area contributed by atoms with E-state index in [1.165, 1.54) is 0 Å². The van der Waals surface area contributed by atoms with Crippen molar-refractivity contribution in [3.8, 4) is 11.6 Å². The van der Waals surface area contributed by atoms with Crippen LogP contribution in [-0.4, -0.2) is 50.3 Å². The van der Waals surface area contributed by atoms with E-state index in [0.29, 0.717) is 37.0 Å². The Kier molecular flexibility index (Phi) is 9.08. The molecule has 1 aromatic carbocycles. The average Bonchev–Trinajstić information content (AvgIpc) is 2.76. The lowest BCUT2D eigenvalue weighted by Gasteiger charge is -2.22. The smallest absolute Gasteiger partial charge is 0.251 e. The van der Waals surface area contributed by atoms with Gasteiger partial charge in [0, 0.05) is 31.5 Å². The van der Waals surface area contributed by atoms with Gasteiger partial charge < -0.3 is 24.8 Å². The number of pyridine rings is 1. The van der Waals surface area contributed by atoms with Crippen molar-refractivity contribution in [1.82, 2.24) is 15.6 Å². The van der Waals surface area contributed by atoms with Crippen LogP contribution in [0.3, 0.4) is 0 Å². The van der Waals surface area contributed by atoms with Gasteiger partial charge in [0.2, 0.25) is 11.8 Å². The molecule has 1 unspecified atom stereocenters. The zero-order valence-electron chi connectivity index (χ0n) is 17.8. The Morgan fingerprint density at radius 2 is 1.77 bits per heavy atom. The van der Waals surface area contributed by atoms with Crippen LogP contribution in [0.5, 0.6) is 11.6 Å². The number of hydrogen-bond acceptors (Lipinski definition) is 6. The van der Waals surface area contributed by atoms with E-state index in [4.69, 9.17) is 14.2 Å². The zero-order valence-corrected chi connectivity index (χ0v) is 17.8. The fourth-order valence-electron chi connectivity index (χ4n) is 2.63. The van der Waals surface area contributed by atoms with Crippen molar-refractivity contribution < 1.29 is 23.8 Å². The van der Waals surface area contributed by atoms with Gasteiger partial charge in [-0.3, -0.25) is 9.59 Å². The first-order chi connectivity index (χ1) is 14.4. The van der Waals surface area contributed by atoms with Crippen molar-refractivity contribution in [1.29, 1.82) is 0 Å². The number of nitrogens with one attached hydrogen (secondary N) is 2. The van der Waals surface area contributed by atoms with E-state index in [1.807, 2.05) is 19.9 Å². The summed E-state index contributed by atoms with van der Waals surface area (Å²) in [5, 5.41) is 5.66. The Morgan fingerprint density at radius 1 is 1.03 bits per heavy atom. The maximum absolute atomic E-state index is 12.7. The molecule has 30 heavy (non-hydrogen) atoms. The Labute approximate surface area is 176 Å². The van der Waals surface area contributed by atoms with Gasteiger partial charge >= 0.3 is 0 Å². The summed E-state index contributed by atoms with van der Waals surface area (Å²) in [7, 11) is 3.16. The molecule has 0 aliphatic heterocycles. The molecule has 0 aliphatic carbocycles.